The van der Waals surface area contributed by atoms with E-state index in [1.807, 2.05) is 7.05 Å². The number of fused-ring (bicyclic) bond motifs is 1. The van der Waals surface area contributed by atoms with Crippen LogP contribution in [0.2, 0.25) is 0 Å². The zero-order valence-electron chi connectivity index (χ0n) is 15.1. The molecule has 3 aromatic rings. The number of carbonyl (C=O) groups excluding carboxylic acids is 1. The SMILES string of the molecule is CCc1cccc2sc(N3CCCC(NC(=O)c4cnn(C)c4)C3)nc12. The number of thiazole rings is 1. The van der Waals surface area contributed by atoms with Crippen LogP contribution in [0.25, 0.3) is 10.2 Å². The van der Waals surface area contributed by atoms with Crippen LogP contribution in [0, 0.1) is 0 Å². The average Bonchev–Trinajstić information content (AvgIpc) is 3.28. The molecule has 1 aromatic carbocycles. The second-order valence-electron chi connectivity index (χ2n) is 6.78. The van der Waals surface area contributed by atoms with Crippen molar-refractivity contribution in [3.8, 4) is 0 Å². The summed E-state index contributed by atoms with van der Waals surface area (Å²) in [5, 5.41) is 8.28. The van der Waals surface area contributed by atoms with E-state index in [9.17, 15) is 4.79 Å². The Bertz CT molecular complexity index is 931. The number of amides is 1. The van der Waals surface area contributed by atoms with Gasteiger partial charge in [-0.25, -0.2) is 4.98 Å². The topological polar surface area (TPSA) is 63.1 Å². The normalized spacial score (nSPS) is 17.6. The molecule has 1 atom stereocenters. The Balaban J connectivity index is 1.49. The van der Waals surface area contributed by atoms with Crippen molar-refractivity contribution in [2.24, 2.45) is 7.05 Å². The van der Waals surface area contributed by atoms with Crippen LogP contribution in [-0.2, 0) is 13.5 Å². The zero-order valence-corrected chi connectivity index (χ0v) is 15.9. The summed E-state index contributed by atoms with van der Waals surface area (Å²) in [5.41, 5.74) is 3.03. The van der Waals surface area contributed by atoms with Crippen molar-refractivity contribution in [2.45, 2.75) is 32.2 Å². The van der Waals surface area contributed by atoms with Crippen LogP contribution < -0.4 is 10.2 Å². The summed E-state index contributed by atoms with van der Waals surface area (Å²) in [4.78, 5) is 19.6. The van der Waals surface area contributed by atoms with E-state index in [1.54, 1.807) is 28.4 Å². The molecule has 6 nitrogen and oxygen atoms in total. The third-order valence-corrected chi connectivity index (χ3v) is 5.95. The van der Waals surface area contributed by atoms with Crippen LogP contribution in [0.1, 0.15) is 35.7 Å². The Labute approximate surface area is 156 Å². The number of para-hydroxylation sites is 1. The molecule has 1 aliphatic rings. The molecule has 0 aliphatic carbocycles. The van der Waals surface area contributed by atoms with E-state index in [0.29, 0.717) is 5.56 Å². The van der Waals surface area contributed by atoms with Crippen LogP contribution in [0.15, 0.2) is 30.6 Å². The number of carbonyl (C=O) groups is 1. The Kier molecular flexibility index (Phi) is 4.63. The van der Waals surface area contributed by atoms with Crippen LogP contribution in [-0.4, -0.2) is 39.8 Å². The molecule has 4 rings (SSSR count). The van der Waals surface area contributed by atoms with E-state index in [2.05, 4.69) is 40.4 Å². The van der Waals surface area contributed by atoms with Crippen molar-refractivity contribution in [2.75, 3.05) is 18.0 Å². The summed E-state index contributed by atoms with van der Waals surface area (Å²) in [7, 11) is 1.82. The fraction of sp³-hybridized carbons (Fsp3) is 0.421. The molecule has 0 radical (unpaired) electrons. The number of nitrogens with zero attached hydrogens (tertiary/aromatic N) is 4. The molecule has 0 bridgehead atoms. The van der Waals surface area contributed by atoms with Gasteiger partial charge in [-0.2, -0.15) is 5.10 Å². The van der Waals surface area contributed by atoms with Gasteiger partial charge >= 0.3 is 0 Å². The number of piperidine rings is 1. The predicted octanol–water partition coefficient (Wildman–Crippen LogP) is 2.99. The Morgan fingerprint density at radius 1 is 1.42 bits per heavy atom. The van der Waals surface area contributed by atoms with Crippen molar-refractivity contribution >= 4 is 32.6 Å². The minimum absolute atomic E-state index is 0.0532. The van der Waals surface area contributed by atoms with Crippen LogP contribution in [0.4, 0.5) is 5.13 Å². The number of benzene rings is 1. The second-order valence-corrected chi connectivity index (χ2v) is 7.78. The van der Waals surface area contributed by atoms with Crippen molar-refractivity contribution in [3.63, 3.8) is 0 Å². The van der Waals surface area contributed by atoms with E-state index >= 15 is 0 Å². The molecule has 136 valence electrons. The lowest BCUT2D eigenvalue weighted by Gasteiger charge is -2.32. The molecule has 1 N–H and O–H groups in total. The molecular weight excluding hydrogens is 346 g/mol. The summed E-state index contributed by atoms with van der Waals surface area (Å²) in [6.07, 6.45) is 6.39. The highest BCUT2D eigenvalue weighted by Crippen LogP contribution is 2.32. The molecule has 0 saturated carbocycles. The summed E-state index contributed by atoms with van der Waals surface area (Å²) in [6.45, 7) is 3.95. The van der Waals surface area contributed by atoms with Gasteiger partial charge in [0.1, 0.15) is 0 Å². The molecule has 1 amide bonds. The molecule has 3 heterocycles. The van der Waals surface area contributed by atoms with Gasteiger partial charge in [0.2, 0.25) is 0 Å². The van der Waals surface area contributed by atoms with Gasteiger partial charge in [0.05, 0.1) is 22.0 Å². The first-order chi connectivity index (χ1) is 12.6. The standard InChI is InChI=1S/C19H23N5OS/c1-3-13-6-4-8-16-17(13)22-19(26-16)24-9-5-7-15(12-24)21-18(25)14-10-20-23(2)11-14/h4,6,8,10-11,15H,3,5,7,9,12H2,1-2H3,(H,21,25). The number of rotatable bonds is 4. The highest BCUT2D eigenvalue weighted by Gasteiger charge is 2.24. The molecule has 1 saturated heterocycles. The van der Waals surface area contributed by atoms with Gasteiger partial charge < -0.3 is 10.2 Å². The molecular formula is C19H23N5OS. The first-order valence-electron chi connectivity index (χ1n) is 9.07. The lowest BCUT2D eigenvalue weighted by molar-refractivity contribution is 0.0933. The van der Waals surface area contributed by atoms with Crippen molar-refractivity contribution < 1.29 is 4.79 Å². The maximum absolute atomic E-state index is 12.4. The average molecular weight is 369 g/mol. The largest absolute Gasteiger partial charge is 0.347 e. The molecule has 1 aliphatic heterocycles. The molecule has 26 heavy (non-hydrogen) atoms. The summed E-state index contributed by atoms with van der Waals surface area (Å²) < 4.78 is 2.88. The molecule has 7 heteroatoms. The highest BCUT2D eigenvalue weighted by molar-refractivity contribution is 7.22. The zero-order chi connectivity index (χ0) is 18.1. The second kappa shape index (κ2) is 7.07. The fourth-order valence-corrected chi connectivity index (χ4v) is 4.54. The van der Waals surface area contributed by atoms with E-state index in [-0.39, 0.29) is 11.9 Å². The van der Waals surface area contributed by atoms with E-state index < -0.39 is 0 Å². The summed E-state index contributed by atoms with van der Waals surface area (Å²) >= 11 is 1.74. The smallest absolute Gasteiger partial charge is 0.254 e. The number of hydrogen-bond donors (Lipinski definition) is 1. The maximum atomic E-state index is 12.4. The highest BCUT2D eigenvalue weighted by atomic mass is 32.1. The van der Waals surface area contributed by atoms with Gasteiger partial charge in [-0.05, 0) is 30.9 Å². The van der Waals surface area contributed by atoms with Crippen molar-refractivity contribution in [3.05, 3.63) is 41.7 Å². The quantitative estimate of drug-likeness (QED) is 0.768. The van der Waals surface area contributed by atoms with Crippen molar-refractivity contribution in [1.82, 2.24) is 20.1 Å². The van der Waals surface area contributed by atoms with Gasteiger partial charge in [0.25, 0.3) is 5.91 Å². The van der Waals surface area contributed by atoms with E-state index in [0.717, 1.165) is 43.0 Å². The van der Waals surface area contributed by atoms with Crippen molar-refractivity contribution in [1.29, 1.82) is 0 Å². The minimum Gasteiger partial charge on any atom is -0.347 e. The number of aryl methyl sites for hydroxylation is 2. The molecule has 1 fully saturated rings. The third-order valence-electron chi connectivity index (χ3n) is 4.87. The molecule has 1 unspecified atom stereocenters. The van der Waals surface area contributed by atoms with Gasteiger partial charge in [0.15, 0.2) is 5.13 Å². The number of nitrogens with one attached hydrogen (secondary N) is 1. The minimum atomic E-state index is -0.0532. The number of anilines is 1. The predicted molar refractivity (Wildman–Crippen MR) is 105 cm³/mol. The number of hydrogen-bond acceptors (Lipinski definition) is 5. The van der Waals surface area contributed by atoms with Gasteiger partial charge in [0, 0.05) is 32.4 Å². The van der Waals surface area contributed by atoms with Crippen LogP contribution >= 0.6 is 11.3 Å². The lowest BCUT2D eigenvalue weighted by atomic mass is 10.1. The van der Waals surface area contributed by atoms with Gasteiger partial charge in [-0.1, -0.05) is 30.4 Å². The summed E-state index contributed by atoms with van der Waals surface area (Å²) in [5.74, 6) is -0.0532. The fourth-order valence-electron chi connectivity index (χ4n) is 3.49. The van der Waals surface area contributed by atoms with Gasteiger partial charge in [-0.15, -0.1) is 0 Å². The monoisotopic (exact) mass is 369 g/mol. The first-order valence-corrected chi connectivity index (χ1v) is 9.88. The van der Waals surface area contributed by atoms with Crippen LogP contribution in [0.5, 0.6) is 0 Å². The first kappa shape index (κ1) is 17.0. The number of aromatic nitrogens is 3. The third kappa shape index (κ3) is 3.31. The van der Waals surface area contributed by atoms with E-state index in [1.165, 1.54) is 10.3 Å². The van der Waals surface area contributed by atoms with Crippen LogP contribution in [0.3, 0.4) is 0 Å². The molecule has 2 aromatic heterocycles. The van der Waals surface area contributed by atoms with Gasteiger partial charge in [-0.3, -0.25) is 9.48 Å². The lowest BCUT2D eigenvalue weighted by Crippen LogP contribution is -2.47. The Hall–Kier alpha value is -2.41. The summed E-state index contributed by atoms with van der Waals surface area (Å²) in [6, 6.07) is 6.53. The maximum Gasteiger partial charge on any atom is 0.254 e. The Morgan fingerprint density at radius 3 is 3.08 bits per heavy atom. The Morgan fingerprint density at radius 2 is 2.31 bits per heavy atom. The van der Waals surface area contributed by atoms with E-state index in [4.69, 9.17) is 4.98 Å². The molecule has 0 spiro atoms.